The number of nitrogens with zero attached hydrogens (tertiary/aromatic N) is 2. The Balaban J connectivity index is 3.05. The standard InChI is InChI=1S/C11H14N2O3S/c1-4-16-11(15)9-5-8(6-14)17-10(9)12-7-13(2)3/h5-7H,4H2,1-3H3. The van der Waals surface area contributed by atoms with E-state index in [9.17, 15) is 9.59 Å². The maximum absolute atomic E-state index is 11.6. The minimum absolute atomic E-state index is 0.294. The van der Waals surface area contributed by atoms with Gasteiger partial charge >= 0.3 is 5.97 Å². The van der Waals surface area contributed by atoms with E-state index in [2.05, 4.69) is 4.99 Å². The van der Waals surface area contributed by atoms with Crippen LogP contribution in [-0.2, 0) is 4.74 Å². The normalized spacial score (nSPS) is 10.5. The molecule has 0 fully saturated rings. The highest BCUT2D eigenvalue weighted by molar-refractivity contribution is 7.17. The predicted molar refractivity (Wildman–Crippen MR) is 67.5 cm³/mol. The molecule has 6 heteroatoms. The van der Waals surface area contributed by atoms with Crippen molar-refractivity contribution >= 4 is 34.9 Å². The molecule has 1 aromatic rings. The highest BCUT2D eigenvalue weighted by atomic mass is 32.1. The fourth-order valence-corrected chi connectivity index (χ4v) is 1.88. The second-order valence-electron chi connectivity index (χ2n) is 3.41. The number of hydrogen-bond donors (Lipinski definition) is 0. The Bertz CT molecular complexity index is 438. The van der Waals surface area contributed by atoms with Crippen molar-refractivity contribution < 1.29 is 14.3 Å². The van der Waals surface area contributed by atoms with Crippen LogP contribution in [0.5, 0.6) is 0 Å². The molecule has 5 nitrogen and oxygen atoms in total. The number of hydrogen-bond acceptors (Lipinski definition) is 5. The molecule has 0 saturated carbocycles. The first kappa shape index (κ1) is 13.4. The summed E-state index contributed by atoms with van der Waals surface area (Å²) >= 11 is 1.16. The van der Waals surface area contributed by atoms with E-state index >= 15 is 0 Å². The van der Waals surface area contributed by atoms with Gasteiger partial charge in [0.25, 0.3) is 0 Å². The zero-order chi connectivity index (χ0) is 12.8. The Labute approximate surface area is 104 Å². The quantitative estimate of drug-likeness (QED) is 0.349. The molecule has 0 saturated heterocycles. The summed E-state index contributed by atoms with van der Waals surface area (Å²) in [5.74, 6) is -0.456. The van der Waals surface area contributed by atoms with E-state index in [1.807, 2.05) is 14.1 Å². The smallest absolute Gasteiger partial charge is 0.341 e. The maximum Gasteiger partial charge on any atom is 0.341 e. The van der Waals surface area contributed by atoms with Crippen molar-refractivity contribution in [2.75, 3.05) is 20.7 Å². The molecule has 0 bridgehead atoms. The van der Waals surface area contributed by atoms with Gasteiger partial charge in [0.15, 0.2) is 6.29 Å². The fraction of sp³-hybridized carbons (Fsp3) is 0.364. The Kier molecular flexibility index (Phi) is 4.84. The van der Waals surface area contributed by atoms with Crippen LogP contribution in [0.15, 0.2) is 11.1 Å². The van der Waals surface area contributed by atoms with E-state index in [1.54, 1.807) is 18.2 Å². The molecule has 0 aliphatic rings. The number of carbonyl (C=O) groups excluding carboxylic acids is 2. The Morgan fingerprint density at radius 1 is 1.59 bits per heavy atom. The number of esters is 1. The van der Waals surface area contributed by atoms with Crippen LogP contribution < -0.4 is 0 Å². The first-order valence-electron chi connectivity index (χ1n) is 5.05. The van der Waals surface area contributed by atoms with Gasteiger partial charge < -0.3 is 9.64 Å². The molecule has 0 aliphatic heterocycles. The minimum atomic E-state index is -0.456. The molecule has 0 aromatic carbocycles. The molecule has 0 amide bonds. The Morgan fingerprint density at radius 2 is 2.29 bits per heavy atom. The summed E-state index contributed by atoms with van der Waals surface area (Å²) in [5, 5.41) is 0.485. The topological polar surface area (TPSA) is 59.0 Å². The molecule has 1 heterocycles. The lowest BCUT2D eigenvalue weighted by Crippen LogP contribution is -2.07. The third-order valence-electron chi connectivity index (χ3n) is 1.75. The average molecular weight is 254 g/mol. The maximum atomic E-state index is 11.6. The zero-order valence-electron chi connectivity index (χ0n) is 9.97. The van der Waals surface area contributed by atoms with Crippen molar-refractivity contribution in [1.29, 1.82) is 0 Å². The highest BCUT2D eigenvalue weighted by Gasteiger charge is 2.16. The SMILES string of the molecule is CCOC(=O)c1cc(C=O)sc1N=CN(C)C. The Hall–Kier alpha value is -1.69. The lowest BCUT2D eigenvalue weighted by atomic mass is 10.3. The molecule has 0 radical (unpaired) electrons. The summed E-state index contributed by atoms with van der Waals surface area (Å²) in [6.07, 6.45) is 2.27. The summed E-state index contributed by atoms with van der Waals surface area (Å²) in [7, 11) is 3.64. The molecule has 0 unspecified atom stereocenters. The third-order valence-corrected chi connectivity index (χ3v) is 2.72. The molecule has 92 valence electrons. The van der Waals surface area contributed by atoms with Crippen LogP contribution in [0.2, 0.25) is 0 Å². The highest BCUT2D eigenvalue weighted by Crippen LogP contribution is 2.30. The lowest BCUT2D eigenvalue weighted by Gasteiger charge is -2.02. The second-order valence-corrected chi connectivity index (χ2v) is 4.48. The number of carbonyl (C=O) groups is 2. The molecule has 1 rings (SSSR count). The van der Waals surface area contributed by atoms with Gasteiger partial charge in [-0.05, 0) is 13.0 Å². The van der Waals surface area contributed by atoms with Crippen molar-refractivity contribution in [3.63, 3.8) is 0 Å². The molecule has 0 aliphatic carbocycles. The van der Waals surface area contributed by atoms with E-state index in [0.717, 1.165) is 11.3 Å². The average Bonchev–Trinajstić information content (AvgIpc) is 2.70. The van der Waals surface area contributed by atoms with Crippen molar-refractivity contribution in [1.82, 2.24) is 4.90 Å². The Morgan fingerprint density at radius 3 is 2.82 bits per heavy atom. The van der Waals surface area contributed by atoms with Gasteiger partial charge in [0.05, 0.1) is 23.4 Å². The largest absolute Gasteiger partial charge is 0.462 e. The summed E-state index contributed by atoms with van der Waals surface area (Å²) in [6.45, 7) is 2.02. The molecule has 1 aromatic heterocycles. The van der Waals surface area contributed by atoms with Crippen LogP contribution >= 0.6 is 11.3 Å². The van der Waals surface area contributed by atoms with Crippen LogP contribution in [-0.4, -0.2) is 44.2 Å². The molecular formula is C11H14N2O3S. The second kappa shape index (κ2) is 6.15. The van der Waals surface area contributed by atoms with Gasteiger partial charge in [-0.3, -0.25) is 4.79 Å². The van der Waals surface area contributed by atoms with Gasteiger partial charge in [0.1, 0.15) is 5.00 Å². The van der Waals surface area contributed by atoms with Crippen LogP contribution in [0.4, 0.5) is 5.00 Å². The summed E-state index contributed by atoms with van der Waals surface area (Å²) in [4.78, 5) is 28.6. The van der Waals surface area contributed by atoms with E-state index < -0.39 is 5.97 Å². The predicted octanol–water partition coefficient (Wildman–Crippen LogP) is 1.96. The molecular weight excluding hydrogens is 240 g/mol. The first-order valence-corrected chi connectivity index (χ1v) is 5.86. The van der Waals surface area contributed by atoms with Gasteiger partial charge in [-0.15, -0.1) is 11.3 Å². The monoisotopic (exact) mass is 254 g/mol. The van der Waals surface area contributed by atoms with Crippen LogP contribution in [0.3, 0.4) is 0 Å². The summed E-state index contributed by atoms with van der Waals surface area (Å²) in [6, 6.07) is 1.50. The van der Waals surface area contributed by atoms with Gasteiger partial charge in [-0.2, -0.15) is 0 Å². The van der Waals surface area contributed by atoms with Crippen LogP contribution in [0, 0.1) is 0 Å². The first-order chi connectivity index (χ1) is 8.08. The zero-order valence-corrected chi connectivity index (χ0v) is 10.8. The van der Waals surface area contributed by atoms with E-state index in [0.29, 0.717) is 28.3 Å². The summed E-state index contributed by atoms with van der Waals surface area (Å²) < 4.78 is 4.90. The molecule has 0 spiro atoms. The summed E-state index contributed by atoms with van der Waals surface area (Å²) in [5.41, 5.74) is 0.331. The third kappa shape index (κ3) is 3.67. The molecule has 17 heavy (non-hydrogen) atoms. The number of ether oxygens (including phenoxy) is 1. The number of rotatable bonds is 5. The van der Waals surface area contributed by atoms with Crippen LogP contribution in [0.25, 0.3) is 0 Å². The number of aliphatic imine (C=N–C) groups is 1. The van der Waals surface area contributed by atoms with Crippen molar-refractivity contribution in [3.8, 4) is 0 Å². The van der Waals surface area contributed by atoms with Gasteiger partial charge in [0.2, 0.25) is 0 Å². The fourth-order valence-electron chi connectivity index (χ4n) is 1.08. The van der Waals surface area contributed by atoms with Gasteiger partial charge in [0, 0.05) is 14.1 Å². The van der Waals surface area contributed by atoms with E-state index in [4.69, 9.17) is 4.74 Å². The van der Waals surface area contributed by atoms with E-state index in [-0.39, 0.29) is 0 Å². The number of thiophene rings is 1. The number of aldehydes is 1. The van der Waals surface area contributed by atoms with Gasteiger partial charge in [-0.1, -0.05) is 0 Å². The minimum Gasteiger partial charge on any atom is -0.462 e. The van der Waals surface area contributed by atoms with Crippen LogP contribution in [0.1, 0.15) is 27.0 Å². The van der Waals surface area contributed by atoms with Gasteiger partial charge in [-0.25, -0.2) is 9.79 Å². The molecule has 0 atom stereocenters. The lowest BCUT2D eigenvalue weighted by molar-refractivity contribution is 0.0528. The van der Waals surface area contributed by atoms with E-state index in [1.165, 1.54) is 6.07 Å². The van der Waals surface area contributed by atoms with Crippen molar-refractivity contribution in [3.05, 3.63) is 16.5 Å². The van der Waals surface area contributed by atoms with Crippen molar-refractivity contribution in [2.45, 2.75) is 6.92 Å². The molecule has 0 N–H and O–H groups in total. The van der Waals surface area contributed by atoms with Crippen molar-refractivity contribution in [2.24, 2.45) is 4.99 Å².